The molecule has 1 aromatic carbocycles. The molecule has 0 bridgehead atoms. The highest BCUT2D eigenvalue weighted by atomic mass is 16.5. The smallest absolute Gasteiger partial charge is 0.119 e. The Kier molecular flexibility index (Phi) is 3.96. The molecule has 0 aliphatic heterocycles. The van der Waals surface area contributed by atoms with Crippen molar-refractivity contribution in [3.05, 3.63) is 29.3 Å². The van der Waals surface area contributed by atoms with Gasteiger partial charge in [-0.1, -0.05) is 32.8 Å². The van der Waals surface area contributed by atoms with Crippen LogP contribution in [0.15, 0.2) is 18.2 Å². The van der Waals surface area contributed by atoms with Gasteiger partial charge in [0.05, 0.1) is 12.7 Å². The number of fused-ring (bicyclic) bond motifs is 1. The van der Waals surface area contributed by atoms with Crippen molar-refractivity contribution in [2.24, 2.45) is 5.92 Å². The summed E-state index contributed by atoms with van der Waals surface area (Å²) in [6, 6.07) is 6.09. The quantitative estimate of drug-likeness (QED) is 0.861. The maximum atomic E-state index is 10.9. The SMILES string of the molecule is CCCC(C)CC1(O)CCc2ccc(OC)cc21. The van der Waals surface area contributed by atoms with Crippen molar-refractivity contribution in [3.63, 3.8) is 0 Å². The Hall–Kier alpha value is -1.02. The normalized spacial score (nSPS) is 23.8. The molecule has 0 fully saturated rings. The molecule has 100 valence electrons. The average Bonchev–Trinajstić information content (AvgIpc) is 2.67. The van der Waals surface area contributed by atoms with Crippen LogP contribution in [0.3, 0.4) is 0 Å². The van der Waals surface area contributed by atoms with Crippen LogP contribution in [0.25, 0.3) is 0 Å². The van der Waals surface area contributed by atoms with Crippen LogP contribution < -0.4 is 4.74 Å². The van der Waals surface area contributed by atoms with Gasteiger partial charge in [-0.2, -0.15) is 0 Å². The molecule has 0 amide bonds. The Morgan fingerprint density at radius 2 is 2.22 bits per heavy atom. The lowest BCUT2D eigenvalue weighted by Gasteiger charge is -2.27. The highest BCUT2D eigenvalue weighted by molar-refractivity contribution is 5.42. The predicted octanol–water partition coefficient (Wildman–Crippen LogP) is 3.66. The molecule has 1 N–H and O–H groups in total. The van der Waals surface area contributed by atoms with Gasteiger partial charge in [-0.15, -0.1) is 0 Å². The molecule has 2 rings (SSSR count). The van der Waals surface area contributed by atoms with Gasteiger partial charge in [0, 0.05) is 0 Å². The molecule has 0 saturated carbocycles. The van der Waals surface area contributed by atoms with Crippen molar-refractivity contribution >= 4 is 0 Å². The van der Waals surface area contributed by atoms with Gasteiger partial charge < -0.3 is 9.84 Å². The van der Waals surface area contributed by atoms with E-state index in [1.54, 1.807) is 7.11 Å². The Bertz CT molecular complexity index is 414. The van der Waals surface area contributed by atoms with Crippen molar-refractivity contribution in [1.29, 1.82) is 0 Å². The van der Waals surface area contributed by atoms with Crippen LogP contribution in [-0.4, -0.2) is 12.2 Å². The molecule has 1 aromatic rings. The molecule has 0 spiro atoms. The maximum Gasteiger partial charge on any atom is 0.119 e. The van der Waals surface area contributed by atoms with Crippen LogP contribution in [0.5, 0.6) is 5.75 Å². The number of ether oxygens (including phenoxy) is 1. The van der Waals surface area contributed by atoms with E-state index in [-0.39, 0.29) is 0 Å². The molecule has 2 unspecified atom stereocenters. The van der Waals surface area contributed by atoms with E-state index in [9.17, 15) is 5.11 Å². The van der Waals surface area contributed by atoms with Gasteiger partial charge in [-0.05, 0) is 48.4 Å². The largest absolute Gasteiger partial charge is 0.497 e. The monoisotopic (exact) mass is 248 g/mol. The fourth-order valence-electron chi connectivity index (χ4n) is 3.19. The second-order valence-electron chi connectivity index (χ2n) is 5.65. The summed E-state index contributed by atoms with van der Waals surface area (Å²) in [5, 5.41) is 10.9. The van der Waals surface area contributed by atoms with Gasteiger partial charge in [0.25, 0.3) is 0 Å². The standard InChI is InChI=1S/C16H24O2/c1-4-5-12(2)11-16(17)9-8-13-6-7-14(18-3)10-15(13)16/h6-7,10,12,17H,4-5,8-9,11H2,1-3H3. The van der Waals surface area contributed by atoms with E-state index in [1.807, 2.05) is 12.1 Å². The lowest BCUT2D eigenvalue weighted by molar-refractivity contribution is 0.0137. The summed E-state index contributed by atoms with van der Waals surface area (Å²) in [6.07, 6.45) is 5.06. The number of aliphatic hydroxyl groups is 1. The molecular formula is C16H24O2. The van der Waals surface area contributed by atoms with Gasteiger partial charge in [-0.25, -0.2) is 0 Å². The van der Waals surface area contributed by atoms with Gasteiger partial charge in [0.2, 0.25) is 0 Å². The number of hydrogen-bond acceptors (Lipinski definition) is 2. The molecule has 0 saturated heterocycles. The summed E-state index contributed by atoms with van der Waals surface area (Å²) in [5.41, 5.74) is 1.73. The average molecular weight is 248 g/mol. The molecule has 1 aliphatic carbocycles. The maximum absolute atomic E-state index is 10.9. The van der Waals surface area contributed by atoms with Crippen molar-refractivity contribution in [2.45, 2.75) is 51.6 Å². The summed E-state index contributed by atoms with van der Waals surface area (Å²) in [7, 11) is 1.68. The first-order valence-electron chi connectivity index (χ1n) is 6.99. The molecule has 0 aromatic heterocycles. The van der Waals surface area contributed by atoms with Crippen LogP contribution in [0, 0.1) is 5.92 Å². The van der Waals surface area contributed by atoms with Crippen LogP contribution in [0.1, 0.15) is 50.7 Å². The number of hydrogen-bond donors (Lipinski definition) is 1. The van der Waals surface area contributed by atoms with Gasteiger partial charge in [0.15, 0.2) is 0 Å². The van der Waals surface area contributed by atoms with Crippen molar-refractivity contribution < 1.29 is 9.84 Å². The third kappa shape index (κ3) is 2.54. The molecule has 1 aliphatic rings. The lowest BCUT2D eigenvalue weighted by atomic mass is 9.84. The first kappa shape index (κ1) is 13.4. The van der Waals surface area contributed by atoms with Crippen molar-refractivity contribution in [1.82, 2.24) is 0 Å². The van der Waals surface area contributed by atoms with Crippen LogP contribution in [0.2, 0.25) is 0 Å². The molecule has 0 heterocycles. The second-order valence-corrected chi connectivity index (χ2v) is 5.65. The number of methoxy groups -OCH3 is 1. The van der Waals surface area contributed by atoms with Crippen molar-refractivity contribution in [2.75, 3.05) is 7.11 Å². The van der Waals surface area contributed by atoms with Gasteiger partial charge in [-0.3, -0.25) is 0 Å². The zero-order chi connectivity index (χ0) is 13.2. The highest BCUT2D eigenvalue weighted by Gasteiger charge is 2.37. The molecule has 2 heteroatoms. The number of rotatable bonds is 5. The minimum Gasteiger partial charge on any atom is -0.497 e. The summed E-state index contributed by atoms with van der Waals surface area (Å²) >= 11 is 0. The summed E-state index contributed by atoms with van der Waals surface area (Å²) in [5.74, 6) is 1.41. The molecule has 2 atom stereocenters. The highest BCUT2D eigenvalue weighted by Crippen LogP contribution is 2.43. The zero-order valence-corrected chi connectivity index (χ0v) is 11.7. The lowest BCUT2D eigenvalue weighted by Crippen LogP contribution is -2.25. The molecule has 0 radical (unpaired) electrons. The van der Waals surface area contributed by atoms with E-state index in [2.05, 4.69) is 19.9 Å². The molecule has 2 nitrogen and oxygen atoms in total. The van der Waals surface area contributed by atoms with E-state index in [1.165, 1.54) is 18.4 Å². The topological polar surface area (TPSA) is 29.5 Å². The fraction of sp³-hybridized carbons (Fsp3) is 0.625. The summed E-state index contributed by atoms with van der Waals surface area (Å²) < 4.78 is 5.27. The summed E-state index contributed by atoms with van der Waals surface area (Å²) in [6.45, 7) is 4.44. The van der Waals surface area contributed by atoms with Gasteiger partial charge in [0.1, 0.15) is 5.75 Å². The second kappa shape index (κ2) is 5.31. The molecule has 18 heavy (non-hydrogen) atoms. The van der Waals surface area contributed by atoms with Gasteiger partial charge >= 0.3 is 0 Å². The number of benzene rings is 1. The number of aryl methyl sites for hydroxylation is 1. The Balaban J connectivity index is 2.22. The van der Waals surface area contributed by atoms with E-state index in [0.29, 0.717) is 5.92 Å². The van der Waals surface area contributed by atoms with Crippen molar-refractivity contribution in [3.8, 4) is 5.75 Å². The summed E-state index contributed by atoms with van der Waals surface area (Å²) in [4.78, 5) is 0. The van der Waals surface area contributed by atoms with Crippen LogP contribution in [0.4, 0.5) is 0 Å². The van der Waals surface area contributed by atoms with E-state index >= 15 is 0 Å². The van der Waals surface area contributed by atoms with E-state index < -0.39 is 5.60 Å². The minimum atomic E-state index is -0.640. The molecular weight excluding hydrogens is 224 g/mol. The third-order valence-electron chi connectivity index (χ3n) is 4.09. The van der Waals surface area contributed by atoms with Crippen LogP contribution >= 0.6 is 0 Å². The Morgan fingerprint density at radius 1 is 1.44 bits per heavy atom. The first-order chi connectivity index (χ1) is 8.59. The Morgan fingerprint density at radius 3 is 2.89 bits per heavy atom. The van der Waals surface area contributed by atoms with E-state index in [0.717, 1.165) is 30.6 Å². The predicted molar refractivity (Wildman–Crippen MR) is 73.9 cm³/mol. The first-order valence-corrected chi connectivity index (χ1v) is 6.99. The fourth-order valence-corrected chi connectivity index (χ4v) is 3.19. The zero-order valence-electron chi connectivity index (χ0n) is 11.7. The minimum absolute atomic E-state index is 0.567. The van der Waals surface area contributed by atoms with Crippen LogP contribution in [-0.2, 0) is 12.0 Å². The third-order valence-corrected chi connectivity index (χ3v) is 4.09. The van der Waals surface area contributed by atoms with E-state index in [4.69, 9.17) is 4.74 Å². The Labute approximate surface area is 110 Å².